The molecule has 9 aromatic rings. The Labute approximate surface area is 204 Å². The molecule has 0 atom stereocenters. The van der Waals surface area contributed by atoms with E-state index in [0.29, 0.717) is 0 Å². The van der Waals surface area contributed by atoms with E-state index in [2.05, 4.69) is 109 Å². The van der Waals surface area contributed by atoms with Gasteiger partial charge in [0.15, 0.2) is 5.58 Å². The quantitative estimate of drug-likeness (QED) is 0.172. The number of nitrogens with zero attached hydrogens (tertiary/aromatic N) is 2. The molecule has 33 heavy (non-hydrogen) atoms. The van der Waals surface area contributed by atoms with Gasteiger partial charge in [0, 0.05) is 42.4 Å². The lowest BCUT2D eigenvalue weighted by atomic mass is 10.1. The molecule has 0 amide bonds. The van der Waals surface area contributed by atoms with E-state index in [-0.39, 0.29) is 0 Å². The van der Waals surface area contributed by atoms with Crippen LogP contribution >= 0.6 is 34.2 Å². The predicted molar refractivity (Wildman–Crippen MR) is 149 cm³/mol. The number of rotatable bonds is 0. The Kier molecular flexibility index (Phi) is 2.93. The average Bonchev–Trinajstić information content (AvgIpc) is 3.55. The highest BCUT2D eigenvalue weighted by Gasteiger charge is 2.25. The van der Waals surface area contributed by atoms with E-state index in [1.165, 1.54) is 58.4 Å². The third-order valence-corrected chi connectivity index (χ3v) is 9.38. The normalized spacial score (nSPS) is 13.0. The highest BCUT2D eigenvalue weighted by atomic mass is 127. The standard InChI is InChI=1S/C28H13IN2OS/c29-31-18-9-5-8-17-23(18)24-19(31)13-12-16-22-15-7-2-4-11-21(15)33-28(22)30(25(16)24)26-14-6-1-3-10-20(14)32-27(17)26/h1-13H. The zero-order valence-corrected chi connectivity index (χ0v) is 20.1. The number of hydrogen-bond donors (Lipinski definition) is 0. The van der Waals surface area contributed by atoms with Gasteiger partial charge in [0.05, 0.1) is 39.4 Å². The zero-order chi connectivity index (χ0) is 21.4. The fourth-order valence-corrected chi connectivity index (χ4v) is 7.95. The van der Waals surface area contributed by atoms with Crippen LogP contribution in [0.5, 0.6) is 0 Å². The first-order chi connectivity index (χ1) is 16.3. The summed E-state index contributed by atoms with van der Waals surface area (Å²) in [5, 5.41) is 8.91. The van der Waals surface area contributed by atoms with Gasteiger partial charge in [-0.1, -0.05) is 42.5 Å². The van der Waals surface area contributed by atoms with Crippen molar-refractivity contribution in [1.82, 2.24) is 7.18 Å². The van der Waals surface area contributed by atoms with Gasteiger partial charge in [-0.25, -0.2) is 0 Å². The molecule has 0 bridgehead atoms. The first-order valence-electron chi connectivity index (χ1n) is 10.9. The monoisotopic (exact) mass is 552 g/mol. The van der Waals surface area contributed by atoms with Crippen LogP contribution in [0.1, 0.15) is 0 Å². The lowest BCUT2D eigenvalue weighted by Crippen LogP contribution is -1.84. The smallest absolute Gasteiger partial charge is 0.160 e. The molecule has 9 rings (SSSR count). The van der Waals surface area contributed by atoms with Gasteiger partial charge in [0.2, 0.25) is 0 Å². The summed E-state index contributed by atoms with van der Waals surface area (Å²) in [7, 11) is 0. The Morgan fingerprint density at radius 2 is 1.42 bits per heavy atom. The predicted octanol–water partition coefficient (Wildman–Crippen LogP) is 9.10. The van der Waals surface area contributed by atoms with E-state index in [9.17, 15) is 0 Å². The SMILES string of the molecule is In1c2cccc3c4oc5ccccc5c4n4c5sc6ccccc6c5c5ccc1c(c32)c54. The lowest BCUT2D eigenvalue weighted by Gasteiger charge is -2.00. The molecule has 0 N–H and O–H groups in total. The molecule has 0 aliphatic carbocycles. The molecule has 0 saturated carbocycles. The summed E-state index contributed by atoms with van der Waals surface area (Å²) in [6, 6.07) is 28.4. The van der Waals surface area contributed by atoms with Crippen LogP contribution in [-0.2, 0) is 0 Å². The van der Waals surface area contributed by atoms with E-state index < -0.39 is 0 Å². The lowest BCUT2D eigenvalue weighted by molar-refractivity contribution is 0.672. The Hall–Kier alpha value is -3.29. The molecule has 5 aromatic heterocycles. The largest absolute Gasteiger partial charge is 0.454 e. The minimum Gasteiger partial charge on any atom is -0.454 e. The van der Waals surface area contributed by atoms with Crippen molar-refractivity contribution in [2.24, 2.45) is 0 Å². The molecule has 0 radical (unpaired) electrons. The second kappa shape index (κ2) is 5.61. The van der Waals surface area contributed by atoms with Gasteiger partial charge in [-0.2, -0.15) is 0 Å². The molecule has 0 fully saturated rings. The van der Waals surface area contributed by atoms with Crippen LogP contribution in [0.4, 0.5) is 0 Å². The zero-order valence-electron chi connectivity index (χ0n) is 17.1. The number of hydrogen-bond acceptors (Lipinski definition) is 2. The third-order valence-electron chi connectivity index (χ3n) is 7.18. The van der Waals surface area contributed by atoms with E-state index in [1.807, 2.05) is 11.3 Å². The molecule has 0 saturated heterocycles. The van der Waals surface area contributed by atoms with Crippen molar-refractivity contribution in [2.75, 3.05) is 0 Å². The first-order valence-corrected chi connectivity index (χ1v) is 12.7. The van der Waals surface area contributed by atoms with Crippen LogP contribution in [0.2, 0.25) is 0 Å². The summed E-state index contributed by atoms with van der Waals surface area (Å²) in [6.07, 6.45) is 0. The number of thiophene rings is 1. The summed E-state index contributed by atoms with van der Waals surface area (Å²) in [5.41, 5.74) is 6.81. The van der Waals surface area contributed by atoms with Gasteiger partial charge in [-0.3, -0.25) is 7.18 Å². The number of benzene rings is 4. The highest BCUT2D eigenvalue weighted by Crippen LogP contribution is 2.49. The molecule has 0 aliphatic rings. The molecule has 0 unspecified atom stereocenters. The number of para-hydroxylation sites is 1. The molecular weight excluding hydrogens is 539 g/mol. The van der Waals surface area contributed by atoms with Gasteiger partial charge >= 0.3 is 0 Å². The maximum atomic E-state index is 6.63. The van der Waals surface area contributed by atoms with Crippen LogP contribution in [0.15, 0.2) is 83.3 Å². The second-order valence-electron chi connectivity index (χ2n) is 8.73. The first kappa shape index (κ1) is 17.2. The fourth-order valence-electron chi connectivity index (χ4n) is 5.91. The molecule has 5 heteroatoms. The van der Waals surface area contributed by atoms with Crippen LogP contribution in [0, 0.1) is 0 Å². The Morgan fingerprint density at radius 3 is 2.36 bits per heavy atom. The Balaban J connectivity index is 1.81. The molecule has 0 spiro atoms. The summed E-state index contributed by atoms with van der Waals surface area (Å²) >= 11 is 4.32. The summed E-state index contributed by atoms with van der Waals surface area (Å²) in [5.74, 6) is 0. The molecule has 154 valence electrons. The molecule has 4 aromatic carbocycles. The van der Waals surface area contributed by atoms with Gasteiger partial charge in [0.25, 0.3) is 0 Å². The minimum absolute atomic E-state index is 0.931. The van der Waals surface area contributed by atoms with Crippen LogP contribution in [-0.4, -0.2) is 7.18 Å². The summed E-state index contributed by atoms with van der Waals surface area (Å²) < 4.78 is 12.7. The highest BCUT2D eigenvalue weighted by molar-refractivity contribution is 14.1. The van der Waals surface area contributed by atoms with Crippen LogP contribution in [0.25, 0.3) is 80.5 Å². The summed E-state index contributed by atoms with van der Waals surface area (Å²) in [4.78, 5) is 1.29. The average molecular weight is 552 g/mol. The van der Waals surface area contributed by atoms with E-state index >= 15 is 0 Å². The van der Waals surface area contributed by atoms with Crippen molar-refractivity contribution >= 4 is 115 Å². The second-order valence-corrected chi connectivity index (χ2v) is 10.7. The molecule has 5 heterocycles. The maximum absolute atomic E-state index is 6.63. The maximum Gasteiger partial charge on any atom is 0.160 e. The van der Waals surface area contributed by atoms with Crippen molar-refractivity contribution in [3.05, 3.63) is 78.9 Å². The van der Waals surface area contributed by atoms with Crippen LogP contribution in [0.3, 0.4) is 0 Å². The minimum atomic E-state index is 0.931. The summed E-state index contributed by atoms with van der Waals surface area (Å²) in [6.45, 7) is 0. The van der Waals surface area contributed by atoms with E-state index in [1.54, 1.807) is 0 Å². The number of fused-ring (bicyclic) bond motifs is 10. The van der Waals surface area contributed by atoms with Crippen molar-refractivity contribution < 1.29 is 4.42 Å². The van der Waals surface area contributed by atoms with Crippen molar-refractivity contribution in [1.29, 1.82) is 0 Å². The third kappa shape index (κ3) is 1.83. The van der Waals surface area contributed by atoms with Crippen LogP contribution < -0.4 is 0 Å². The van der Waals surface area contributed by atoms with Crippen molar-refractivity contribution in [3.8, 4) is 0 Å². The van der Waals surface area contributed by atoms with Crippen molar-refractivity contribution in [2.45, 2.75) is 0 Å². The van der Waals surface area contributed by atoms with E-state index in [4.69, 9.17) is 4.42 Å². The van der Waals surface area contributed by atoms with Gasteiger partial charge in [0.1, 0.15) is 15.9 Å². The fraction of sp³-hybridized carbons (Fsp3) is 0. The van der Waals surface area contributed by atoms with E-state index in [0.717, 1.165) is 22.1 Å². The number of furan rings is 1. The van der Waals surface area contributed by atoms with Gasteiger partial charge < -0.3 is 4.42 Å². The van der Waals surface area contributed by atoms with Crippen molar-refractivity contribution in [3.63, 3.8) is 0 Å². The molecule has 3 nitrogen and oxygen atoms in total. The topological polar surface area (TPSA) is 22.5 Å². The molecule has 0 aliphatic heterocycles. The number of halogens is 1. The number of aromatic nitrogens is 2. The Bertz CT molecular complexity index is 2260. The Morgan fingerprint density at radius 1 is 0.636 bits per heavy atom. The van der Waals surface area contributed by atoms with Gasteiger partial charge in [-0.15, -0.1) is 11.3 Å². The molecular formula is C28H13IN2OS. The van der Waals surface area contributed by atoms with Gasteiger partial charge in [-0.05, 0) is 36.4 Å².